The normalized spacial score (nSPS) is 34.9. The lowest BCUT2D eigenvalue weighted by Crippen LogP contribution is -2.57. The summed E-state index contributed by atoms with van der Waals surface area (Å²) in [7, 11) is 0. The summed E-state index contributed by atoms with van der Waals surface area (Å²) in [6.45, 7) is 5.79. The minimum absolute atomic E-state index is 0.0489. The quantitative estimate of drug-likeness (QED) is 0.486. The minimum Gasteiger partial charge on any atom is -0.493 e. The molecule has 0 aliphatic carbocycles. The summed E-state index contributed by atoms with van der Waals surface area (Å²) < 4.78 is 25.7. The van der Waals surface area contributed by atoms with Crippen molar-refractivity contribution in [3.05, 3.63) is 47.8 Å². The third-order valence-electron chi connectivity index (χ3n) is 6.40. The molecule has 9 heteroatoms. The molecule has 0 radical (unpaired) electrons. The molecule has 4 N–H and O–H groups in total. The fraction of sp³-hybridized carbons (Fsp3) is 0.591. The van der Waals surface area contributed by atoms with E-state index in [1.54, 1.807) is 0 Å². The van der Waals surface area contributed by atoms with Crippen LogP contribution in [0.15, 0.2) is 52.8 Å². The first-order valence-corrected chi connectivity index (χ1v) is 11.2. The van der Waals surface area contributed by atoms with Crippen molar-refractivity contribution in [2.45, 2.75) is 44.4 Å². The van der Waals surface area contributed by atoms with Gasteiger partial charge in [-0.2, -0.15) is 0 Å². The monoisotopic (exact) mass is 430 g/mol. The number of alkyl halides is 1. The largest absolute Gasteiger partial charge is 0.493 e. The maximum atomic E-state index is 14.4. The van der Waals surface area contributed by atoms with E-state index in [1.807, 2.05) is 18.4 Å². The standard InChI is InChI=1S/C22H31FN6O2/c1-14-17-11-26-22(21-24-5-2-6-25-21)27-18(17)3-7-29(14)20-10-16(9-19(23)28-20)31-13-15-4-8-30-12-15/h2,5,9-11,14-15,19,21-22,24-26,28H,3-4,6-8,12-13H2,1H3. The van der Waals surface area contributed by atoms with Crippen LogP contribution < -0.4 is 21.3 Å². The minimum atomic E-state index is -1.27. The highest BCUT2D eigenvalue weighted by molar-refractivity contribution is 6.02. The molecule has 0 aromatic rings. The summed E-state index contributed by atoms with van der Waals surface area (Å²) in [5.41, 5.74) is 2.26. The lowest BCUT2D eigenvalue weighted by atomic mass is 9.93. The molecule has 0 aromatic heterocycles. The van der Waals surface area contributed by atoms with Gasteiger partial charge in [0.05, 0.1) is 19.3 Å². The second-order valence-electron chi connectivity index (χ2n) is 8.55. The number of dihydropyridines is 1. The van der Waals surface area contributed by atoms with Gasteiger partial charge in [0.1, 0.15) is 17.7 Å². The summed E-state index contributed by atoms with van der Waals surface area (Å²) in [6, 6.07) is 0.0710. The Morgan fingerprint density at radius 3 is 3.10 bits per heavy atom. The van der Waals surface area contributed by atoms with Gasteiger partial charge in [0.25, 0.3) is 0 Å². The Morgan fingerprint density at radius 1 is 1.35 bits per heavy atom. The zero-order chi connectivity index (χ0) is 21.2. The number of hydrogen-bond donors (Lipinski definition) is 4. The number of piperidine rings is 1. The first kappa shape index (κ1) is 20.4. The first-order chi connectivity index (χ1) is 15.2. The number of likely N-dealkylation sites (tertiary alicyclic amines) is 1. The highest BCUT2D eigenvalue weighted by atomic mass is 19.1. The summed E-state index contributed by atoms with van der Waals surface area (Å²) in [5.74, 6) is 1.72. The fourth-order valence-corrected chi connectivity index (χ4v) is 4.62. The molecule has 5 atom stereocenters. The zero-order valence-corrected chi connectivity index (χ0v) is 17.8. The molecule has 5 rings (SSSR count). The van der Waals surface area contributed by atoms with Gasteiger partial charge in [-0.3, -0.25) is 10.3 Å². The van der Waals surface area contributed by atoms with E-state index in [0.29, 0.717) is 18.3 Å². The van der Waals surface area contributed by atoms with Crippen LogP contribution in [0.5, 0.6) is 0 Å². The molecule has 168 valence electrons. The first-order valence-electron chi connectivity index (χ1n) is 11.2. The average Bonchev–Trinajstić information content (AvgIpc) is 3.32. The van der Waals surface area contributed by atoms with Gasteiger partial charge < -0.3 is 30.3 Å². The number of halogens is 1. The van der Waals surface area contributed by atoms with E-state index in [2.05, 4.69) is 39.3 Å². The van der Waals surface area contributed by atoms with Gasteiger partial charge in [0.2, 0.25) is 0 Å². The second-order valence-corrected chi connectivity index (χ2v) is 8.55. The van der Waals surface area contributed by atoms with Crippen molar-refractivity contribution >= 4 is 5.71 Å². The Hall–Kier alpha value is -2.52. The molecule has 5 unspecified atom stereocenters. The van der Waals surface area contributed by atoms with E-state index in [1.165, 1.54) is 6.08 Å². The van der Waals surface area contributed by atoms with E-state index in [4.69, 9.17) is 14.5 Å². The Labute approximate surface area is 182 Å². The lowest BCUT2D eigenvalue weighted by molar-refractivity contribution is 0.136. The molecule has 8 nitrogen and oxygen atoms in total. The predicted molar refractivity (Wildman–Crippen MR) is 116 cm³/mol. The number of fused-ring (bicyclic) bond motifs is 1. The number of aliphatic imine (C=N–C) groups is 1. The highest BCUT2D eigenvalue weighted by Gasteiger charge is 2.34. The van der Waals surface area contributed by atoms with Crippen LogP contribution in [0.25, 0.3) is 0 Å². The van der Waals surface area contributed by atoms with Gasteiger partial charge >= 0.3 is 0 Å². The third-order valence-corrected chi connectivity index (χ3v) is 6.40. The molecule has 5 aliphatic rings. The van der Waals surface area contributed by atoms with Crippen molar-refractivity contribution in [3.63, 3.8) is 0 Å². The van der Waals surface area contributed by atoms with Crippen LogP contribution in [0, 0.1) is 5.92 Å². The van der Waals surface area contributed by atoms with Crippen LogP contribution in [0.2, 0.25) is 0 Å². The van der Waals surface area contributed by atoms with Gasteiger partial charge in [-0.05, 0) is 19.5 Å². The molecule has 0 aromatic carbocycles. The summed E-state index contributed by atoms with van der Waals surface area (Å²) in [4.78, 5) is 7.14. The molecule has 2 fully saturated rings. The summed E-state index contributed by atoms with van der Waals surface area (Å²) in [5, 5.41) is 13.1. The van der Waals surface area contributed by atoms with Crippen LogP contribution in [-0.4, -0.2) is 68.2 Å². The molecule has 0 bridgehead atoms. The number of ether oxygens (including phenoxy) is 2. The molecule has 0 saturated carbocycles. The topological polar surface area (TPSA) is 82.2 Å². The van der Waals surface area contributed by atoms with E-state index in [0.717, 1.165) is 56.3 Å². The maximum absolute atomic E-state index is 14.4. The van der Waals surface area contributed by atoms with Crippen molar-refractivity contribution in [2.75, 3.05) is 32.9 Å². The van der Waals surface area contributed by atoms with Crippen molar-refractivity contribution < 1.29 is 13.9 Å². The predicted octanol–water partition coefficient (Wildman–Crippen LogP) is 1.04. The van der Waals surface area contributed by atoms with Crippen molar-refractivity contribution in [1.29, 1.82) is 0 Å². The summed E-state index contributed by atoms with van der Waals surface area (Å²) >= 11 is 0. The molecule has 5 aliphatic heterocycles. The maximum Gasteiger partial charge on any atom is 0.193 e. The van der Waals surface area contributed by atoms with Crippen molar-refractivity contribution in [3.8, 4) is 0 Å². The number of hydrogen-bond acceptors (Lipinski definition) is 8. The Bertz CT molecular complexity index is 832. The third kappa shape index (κ3) is 4.43. The number of nitrogens with zero attached hydrogens (tertiary/aromatic N) is 2. The molecular weight excluding hydrogens is 399 g/mol. The van der Waals surface area contributed by atoms with E-state index in [-0.39, 0.29) is 18.4 Å². The van der Waals surface area contributed by atoms with Crippen LogP contribution in [-0.2, 0) is 9.47 Å². The second kappa shape index (κ2) is 8.92. The number of nitrogens with one attached hydrogen (secondary N) is 4. The van der Waals surface area contributed by atoms with Gasteiger partial charge in [0.15, 0.2) is 12.5 Å². The Balaban J connectivity index is 1.25. The van der Waals surface area contributed by atoms with E-state index < -0.39 is 6.30 Å². The van der Waals surface area contributed by atoms with Gasteiger partial charge in [-0.25, -0.2) is 4.39 Å². The van der Waals surface area contributed by atoms with Crippen molar-refractivity contribution in [1.82, 2.24) is 26.2 Å². The van der Waals surface area contributed by atoms with Crippen LogP contribution in [0.3, 0.4) is 0 Å². The Kier molecular flexibility index (Phi) is 5.87. The average molecular weight is 431 g/mol. The Morgan fingerprint density at radius 2 is 2.29 bits per heavy atom. The van der Waals surface area contributed by atoms with Gasteiger partial charge in [-0.1, -0.05) is 6.08 Å². The van der Waals surface area contributed by atoms with Crippen LogP contribution in [0.1, 0.15) is 19.8 Å². The SMILES string of the molecule is CC1C2=CNC(C3NC=CCN3)N=C2CCN1C1=CC(OCC2CCOC2)=CC(F)N1. The summed E-state index contributed by atoms with van der Waals surface area (Å²) in [6.07, 6.45) is 10.0. The molecule has 0 amide bonds. The van der Waals surface area contributed by atoms with E-state index >= 15 is 0 Å². The van der Waals surface area contributed by atoms with Crippen molar-refractivity contribution in [2.24, 2.45) is 10.9 Å². The molecule has 0 spiro atoms. The van der Waals surface area contributed by atoms with Crippen LogP contribution >= 0.6 is 0 Å². The van der Waals surface area contributed by atoms with Gasteiger partial charge in [-0.15, -0.1) is 0 Å². The molecule has 5 heterocycles. The van der Waals surface area contributed by atoms with Crippen LogP contribution in [0.4, 0.5) is 4.39 Å². The lowest BCUT2D eigenvalue weighted by Gasteiger charge is -2.42. The highest BCUT2D eigenvalue weighted by Crippen LogP contribution is 2.28. The smallest absolute Gasteiger partial charge is 0.193 e. The fourth-order valence-electron chi connectivity index (χ4n) is 4.62. The molecular formula is C22H31FN6O2. The van der Waals surface area contributed by atoms with E-state index in [9.17, 15) is 4.39 Å². The van der Waals surface area contributed by atoms with Gasteiger partial charge in [0, 0.05) is 61.7 Å². The number of rotatable bonds is 5. The molecule has 2 saturated heterocycles. The number of allylic oxidation sites excluding steroid dienone is 1. The molecule has 31 heavy (non-hydrogen) atoms. The zero-order valence-electron chi connectivity index (χ0n) is 17.8.